The summed E-state index contributed by atoms with van der Waals surface area (Å²) in [4.78, 5) is 29.9. The molecule has 0 fully saturated rings. The number of aryl methyl sites for hydroxylation is 1. The molecule has 5 nitrogen and oxygen atoms in total. The van der Waals surface area contributed by atoms with Gasteiger partial charge in [0.2, 0.25) is 5.91 Å². The average Bonchev–Trinajstić information content (AvgIpc) is 3.52. The lowest BCUT2D eigenvalue weighted by molar-refractivity contribution is -0.134. The van der Waals surface area contributed by atoms with Gasteiger partial charge in [-0.15, -0.1) is 22.7 Å². The van der Waals surface area contributed by atoms with Gasteiger partial charge in [-0.3, -0.25) is 4.79 Å². The number of rotatable bonds is 13. The Morgan fingerprint density at radius 3 is 2.15 bits per heavy atom. The molecular weight excluding hydrogens is 452 g/mol. The van der Waals surface area contributed by atoms with Gasteiger partial charge in [0.05, 0.1) is 19.7 Å². The van der Waals surface area contributed by atoms with Crippen LogP contribution in [0, 0.1) is 0 Å². The van der Waals surface area contributed by atoms with E-state index in [4.69, 9.17) is 4.74 Å². The minimum Gasteiger partial charge on any atom is -0.450 e. The van der Waals surface area contributed by atoms with Gasteiger partial charge in [-0.25, -0.2) is 4.79 Å². The fraction of sp³-hybridized carbons (Fsp3) is 0.385. The molecule has 33 heavy (non-hydrogen) atoms. The van der Waals surface area contributed by atoms with Crippen molar-refractivity contribution in [2.75, 3.05) is 6.61 Å². The number of ether oxygens (including phenoxy) is 1. The summed E-state index contributed by atoms with van der Waals surface area (Å²) in [6.07, 6.45) is 4.00. The first-order chi connectivity index (χ1) is 16.2. The Kier molecular flexibility index (Phi) is 10.5. The Morgan fingerprint density at radius 1 is 0.909 bits per heavy atom. The third-order valence-corrected chi connectivity index (χ3v) is 7.05. The Bertz CT molecular complexity index is 907. The monoisotopic (exact) mass is 484 g/mol. The summed E-state index contributed by atoms with van der Waals surface area (Å²) in [5.74, 6) is -0.0621. The van der Waals surface area contributed by atoms with Gasteiger partial charge in [0.25, 0.3) is 0 Å². The van der Waals surface area contributed by atoms with Crippen LogP contribution >= 0.6 is 22.7 Å². The zero-order valence-corrected chi connectivity index (χ0v) is 20.7. The van der Waals surface area contributed by atoms with Gasteiger partial charge in [0.1, 0.15) is 6.04 Å². The lowest BCUT2D eigenvalue weighted by Gasteiger charge is -2.27. The lowest BCUT2D eigenvalue weighted by Crippen LogP contribution is -2.48. The highest BCUT2D eigenvalue weighted by Crippen LogP contribution is 2.19. The van der Waals surface area contributed by atoms with Crippen LogP contribution < -0.4 is 5.32 Å². The molecule has 0 bridgehead atoms. The number of thiophene rings is 2. The predicted octanol–water partition coefficient (Wildman–Crippen LogP) is 6.26. The van der Waals surface area contributed by atoms with E-state index >= 15 is 0 Å². The molecule has 0 saturated heterocycles. The van der Waals surface area contributed by atoms with Gasteiger partial charge in [0.15, 0.2) is 0 Å². The summed E-state index contributed by atoms with van der Waals surface area (Å²) in [6.45, 7) is 3.10. The standard InChI is InChI=1S/C26H32N2O3S2/c1-2-31-26(30)27-24(16-8-4-7-13-21-11-5-3-6-12-21)25(29)28(19-22-14-9-17-32-22)20-23-15-10-18-33-23/h3,5-6,9-12,14-15,17-18,24H,2,4,7-8,13,16,19-20H2,1H3,(H,27,30)/t24-/m0/s1. The van der Waals surface area contributed by atoms with Crippen LogP contribution in [0.3, 0.4) is 0 Å². The van der Waals surface area contributed by atoms with Gasteiger partial charge in [-0.1, -0.05) is 55.3 Å². The minimum absolute atomic E-state index is 0.0621. The zero-order valence-electron chi connectivity index (χ0n) is 19.1. The molecule has 1 atom stereocenters. The van der Waals surface area contributed by atoms with Gasteiger partial charge in [-0.2, -0.15) is 0 Å². The van der Waals surface area contributed by atoms with Crippen LogP contribution in [0.25, 0.3) is 0 Å². The molecular formula is C26H32N2O3S2. The maximum absolute atomic E-state index is 13.6. The smallest absolute Gasteiger partial charge is 0.407 e. The van der Waals surface area contributed by atoms with Crippen molar-refractivity contribution in [3.63, 3.8) is 0 Å². The molecule has 0 aliphatic carbocycles. The van der Waals surface area contributed by atoms with Crippen LogP contribution in [0.4, 0.5) is 4.79 Å². The molecule has 0 spiro atoms. The number of hydrogen-bond donors (Lipinski definition) is 1. The fourth-order valence-electron chi connectivity index (χ4n) is 3.68. The van der Waals surface area contributed by atoms with Crippen molar-refractivity contribution in [2.24, 2.45) is 0 Å². The van der Waals surface area contributed by atoms with Crippen LogP contribution in [0.5, 0.6) is 0 Å². The van der Waals surface area contributed by atoms with E-state index < -0.39 is 12.1 Å². The number of alkyl carbamates (subject to hydrolysis) is 1. The number of unbranched alkanes of at least 4 members (excludes halogenated alkanes) is 2. The normalized spacial score (nSPS) is 11.7. The predicted molar refractivity (Wildman–Crippen MR) is 135 cm³/mol. The zero-order chi connectivity index (χ0) is 23.3. The third-order valence-electron chi connectivity index (χ3n) is 5.33. The second kappa shape index (κ2) is 13.8. The van der Waals surface area contributed by atoms with E-state index in [1.165, 1.54) is 5.56 Å². The molecule has 3 rings (SSSR count). The maximum Gasteiger partial charge on any atom is 0.407 e. The van der Waals surface area contributed by atoms with E-state index in [1.807, 2.05) is 46.0 Å². The number of hydrogen-bond acceptors (Lipinski definition) is 5. The minimum atomic E-state index is -0.597. The van der Waals surface area contributed by atoms with E-state index in [0.29, 0.717) is 19.5 Å². The second-order valence-corrected chi connectivity index (χ2v) is 9.92. The van der Waals surface area contributed by atoms with Gasteiger partial charge in [-0.05, 0) is 54.6 Å². The molecule has 2 amide bonds. The Hall–Kier alpha value is -2.64. The molecule has 176 valence electrons. The third kappa shape index (κ3) is 8.67. The number of amides is 2. The first-order valence-corrected chi connectivity index (χ1v) is 13.2. The number of nitrogens with zero attached hydrogens (tertiary/aromatic N) is 1. The highest BCUT2D eigenvalue weighted by Gasteiger charge is 2.27. The SMILES string of the molecule is CCOC(=O)N[C@@H](CCCCCc1ccccc1)C(=O)N(Cc1cccs1)Cc1cccs1. The largest absolute Gasteiger partial charge is 0.450 e. The van der Waals surface area contributed by atoms with E-state index in [1.54, 1.807) is 29.6 Å². The Labute approximate surface area is 204 Å². The molecule has 2 aromatic heterocycles. The molecule has 0 radical (unpaired) electrons. The Morgan fingerprint density at radius 2 is 1.58 bits per heavy atom. The lowest BCUT2D eigenvalue weighted by atomic mass is 10.0. The van der Waals surface area contributed by atoms with Crippen molar-refractivity contribution in [1.82, 2.24) is 10.2 Å². The first kappa shape index (κ1) is 25.0. The van der Waals surface area contributed by atoms with Crippen molar-refractivity contribution < 1.29 is 14.3 Å². The molecule has 1 aromatic carbocycles. The van der Waals surface area contributed by atoms with Gasteiger partial charge < -0.3 is 15.0 Å². The van der Waals surface area contributed by atoms with E-state index in [9.17, 15) is 9.59 Å². The fourth-order valence-corrected chi connectivity index (χ4v) is 5.12. The molecule has 1 N–H and O–H groups in total. The maximum atomic E-state index is 13.6. The van der Waals surface area contributed by atoms with Crippen molar-refractivity contribution in [2.45, 2.75) is 58.2 Å². The average molecular weight is 485 g/mol. The number of carbonyl (C=O) groups is 2. The van der Waals surface area contributed by atoms with E-state index in [2.05, 4.69) is 29.6 Å². The molecule has 0 aliphatic rings. The number of carbonyl (C=O) groups excluding carboxylic acids is 2. The first-order valence-electron chi connectivity index (χ1n) is 11.5. The van der Waals surface area contributed by atoms with Crippen molar-refractivity contribution in [3.8, 4) is 0 Å². The quantitative estimate of drug-likeness (QED) is 0.292. The van der Waals surface area contributed by atoms with Crippen LogP contribution in [-0.4, -0.2) is 29.5 Å². The topological polar surface area (TPSA) is 58.6 Å². The molecule has 0 aliphatic heterocycles. The van der Waals surface area contributed by atoms with Crippen LogP contribution in [0.1, 0.15) is 47.9 Å². The summed E-state index contributed by atoms with van der Waals surface area (Å²) in [6, 6.07) is 17.9. The Balaban J connectivity index is 1.62. The van der Waals surface area contributed by atoms with E-state index in [-0.39, 0.29) is 12.5 Å². The molecule has 3 aromatic rings. The highest BCUT2D eigenvalue weighted by molar-refractivity contribution is 7.10. The van der Waals surface area contributed by atoms with Crippen molar-refractivity contribution in [1.29, 1.82) is 0 Å². The van der Waals surface area contributed by atoms with Gasteiger partial charge in [0, 0.05) is 9.75 Å². The van der Waals surface area contributed by atoms with Crippen molar-refractivity contribution in [3.05, 3.63) is 80.7 Å². The molecule has 2 heterocycles. The van der Waals surface area contributed by atoms with Crippen molar-refractivity contribution >= 4 is 34.7 Å². The molecule has 0 unspecified atom stereocenters. The van der Waals surface area contributed by atoms with Gasteiger partial charge >= 0.3 is 6.09 Å². The summed E-state index contributed by atoms with van der Waals surface area (Å²) < 4.78 is 5.08. The summed E-state index contributed by atoms with van der Waals surface area (Å²) >= 11 is 3.27. The van der Waals surface area contributed by atoms with Crippen LogP contribution in [0.15, 0.2) is 65.4 Å². The van der Waals surface area contributed by atoms with Crippen LogP contribution in [-0.2, 0) is 29.0 Å². The van der Waals surface area contributed by atoms with E-state index in [0.717, 1.165) is 35.4 Å². The number of nitrogens with one attached hydrogen (secondary N) is 1. The highest BCUT2D eigenvalue weighted by atomic mass is 32.1. The second-order valence-electron chi connectivity index (χ2n) is 7.86. The van der Waals surface area contributed by atoms with Crippen LogP contribution in [0.2, 0.25) is 0 Å². The molecule has 7 heteroatoms. The summed E-state index contributed by atoms with van der Waals surface area (Å²) in [7, 11) is 0. The summed E-state index contributed by atoms with van der Waals surface area (Å²) in [5.41, 5.74) is 1.33. The summed E-state index contributed by atoms with van der Waals surface area (Å²) in [5, 5.41) is 6.86. The number of benzene rings is 1. The molecule has 0 saturated carbocycles.